The van der Waals surface area contributed by atoms with Gasteiger partial charge in [-0.25, -0.2) is 4.79 Å². The monoisotopic (exact) mass is 400 g/mol. The standard InChI is InChI=1S/C27H28O3/c1-2-3-4-8-20-29-26-13-9-12-24(21-26)27(28)30-25-18-16-23(17-19-25)15-14-22-10-6-5-7-11-22/h5-7,9-19,21H,2-4,8,20H2,1H3. The molecule has 3 heteroatoms. The molecule has 154 valence electrons. The fourth-order valence-electron chi connectivity index (χ4n) is 3.00. The molecule has 0 aliphatic rings. The Morgan fingerprint density at radius 2 is 1.50 bits per heavy atom. The number of hydrogen-bond donors (Lipinski definition) is 0. The Balaban J connectivity index is 1.54. The molecule has 0 amide bonds. The van der Waals surface area contributed by atoms with Crippen molar-refractivity contribution in [1.29, 1.82) is 0 Å². The normalized spacial score (nSPS) is 10.8. The number of carbonyl (C=O) groups is 1. The summed E-state index contributed by atoms with van der Waals surface area (Å²) in [6, 6.07) is 24.7. The van der Waals surface area contributed by atoms with Gasteiger partial charge in [0.25, 0.3) is 0 Å². The van der Waals surface area contributed by atoms with Gasteiger partial charge in [0.1, 0.15) is 11.5 Å². The van der Waals surface area contributed by atoms with Crippen molar-refractivity contribution in [1.82, 2.24) is 0 Å². The van der Waals surface area contributed by atoms with Crippen LogP contribution in [0.4, 0.5) is 0 Å². The lowest BCUT2D eigenvalue weighted by molar-refractivity contribution is 0.0734. The van der Waals surface area contributed by atoms with Crippen molar-refractivity contribution in [2.24, 2.45) is 0 Å². The van der Waals surface area contributed by atoms with Crippen molar-refractivity contribution in [3.8, 4) is 11.5 Å². The minimum Gasteiger partial charge on any atom is -0.494 e. The summed E-state index contributed by atoms with van der Waals surface area (Å²) in [6.45, 7) is 2.85. The molecular formula is C27H28O3. The molecule has 3 aromatic carbocycles. The highest BCUT2D eigenvalue weighted by atomic mass is 16.5. The van der Waals surface area contributed by atoms with E-state index in [1.165, 1.54) is 12.8 Å². The molecule has 0 fully saturated rings. The Kier molecular flexibility index (Phi) is 8.28. The van der Waals surface area contributed by atoms with Crippen molar-refractivity contribution in [3.05, 3.63) is 95.6 Å². The molecule has 0 aliphatic carbocycles. The van der Waals surface area contributed by atoms with Gasteiger partial charge in [-0.3, -0.25) is 0 Å². The lowest BCUT2D eigenvalue weighted by Crippen LogP contribution is -2.08. The summed E-state index contributed by atoms with van der Waals surface area (Å²) in [4.78, 5) is 12.5. The Labute approximate surface area is 179 Å². The maximum Gasteiger partial charge on any atom is 0.343 e. The van der Waals surface area contributed by atoms with Crippen LogP contribution in [0.15, 0.2) is 78.9 Å². The van der Waals surface area contributed by atoms with Crippen LogP contribution in [0.1, 0.15) is 54.1 Å². The van der Waals surface area contributed by atoms with Crippen LogP contribution >= 0.6 is 0 Å². The molecule has 0 aliphatic heterocycles. The van der Waals surface area contributed by atoms with Gasteiger partial charge in [-0.15, -0.1) is 0 Å². The Hall–Kier alpha value is -3.33. The highest BCUT2D eigenvalue weighted by Gasteiger charge is 2.10. The zero-order valence-electron chi connectivity index (χ0n) is 17.4. The minimum atomic E-state index is -0.390. The largest absolute Gasteiger partial charge is 0.494 e. The first-order valence-corrected chi connectivity index (χ1v) is 10.5. The first-order valence-electron chi connectivity index (χ1n) is 10.5. The average molecular weight is 401 g/mol. The molecule has 3 rings (SSSR count). The van der Waals surface area contributed by atoms with Crippen LogP contribution in [0.3, 0.4) is 0 Å². The molecule has 30 heavy (non-hydrogen) atoms. The van der Waals surface area contributed by atoms with E-state index < -0.39 is 0 Å². The third kappa shape index (κ3) is 6.93. The highest BCUT2D eigenvalue weighted by Crippen LogP contribution is 2.19. The zero-order valence-corrected chi connectivity index (χ0v) is 17.4. The highest BCUT2D eigenvalue weighted by molar-refractivity contribution is 5.91. The van der Waals surface area contributed by atoms with E-state index in [4.69, 9.17) is 9.47 Å². The van der Waals surface area contributed by atoms with Gasteiger partial charge in [-0.05, 0) is 47.9 Å². The molecule has 0 heterocycles. The molecule has 0 saturated heterocycles. The Morgan fingerprint density at radius 1 is 0.767 bits per heavy atom. The Morgan fingerprint density at radius 3 is 2.23 bits per heavy atom. The van der Waals surface area contributed by atoms with Gasteiger partial charge < -0.3 is 9.47 Å². The zero-order chi connectivity index (χ0) is 21.0. The molecule has 0 N–H and O–H groups in total. The molecular weight excluding hydrogens is 372 g/mol. The summed E-state index contributed by atoms with van der Waals surface area (Å²) in [6.07, 6.45) is 8.68. The van der Waals surface area contributed by atoms with Gasteiger partial charge >= 0.3 is 5.97 Å². The molecule has 0 radical (unpaired) electrons. The second-order valence-electron chi connectivity index (χ2n) is 7.14. The number of hydrogen-bond acceptors (Lipinski definition) is 3. The maximum atomic E-state index is 12.5. The predicted octanol–water partition coefficient (Wildman–Crippen LogP) is 7.04. The van der Waals surface area contributed by atoms with E-state index in [1.54, 1.807) is 24.3 Å². The molecule has 0 bridgehead atoms. The summed E-state index contributed by atoms with van der Waals surface area (Å²) in [5.74, 6) is 0.823. The summed E-state index contributed by atoms with van der Waals surface area (Å²) in [5, 5.41) is 0. The number of unbranched alkanes of at least 4 members (excludes halogenated alkanes) is 3. The first kappa shape index (κ1) is 21.4. The summed E-state index contributed by atoms with van der Waals surface area (Å²) in [5.41, 5.74) is 2.66. The molecule has 0 spiro atoms. The summed E-state index contributed by atoms with van der Waals surface area (Å²) in [7, 11) is 0. The third-order valence-electron chi connectivity index (χ3n) is 4.69. The molecule has 3 aromatic rings. The fourth-order valence-corrected chi connectivity index (χ4v) is 3.00. The van der Waals surface area contributed by atoms with Crippen molar-refractivity contribution in [3.63, 3.8) is 0 Å². The van der Waals surface area contributed by atoms with E-state index in [0.29, 0.717) is 23.7 Å². The van der Waals surface area contributed by atoms with Gasteiger partial charge in [-0.2, -0.15) is 0 Å². The molecule has 0 saturated carbocycles. The minimum absolute atomic E-state index is 0.390. The van der Waals surface area contributed by atoms with E-state index >= 15 is 0 Å². The van der Waals surface area contributed by atoms with E-state index in [2.05, 4.69) is 25.1 Å². The van der Waals surface area contributed by atoms with Crippen LogP contribution in [0.25, 0.3) is 12.2 Å². The predicted molar refractivity (Wildman–Crippen MR) is 123 cm³/mol. The van der Waals surface area contributed by atoms with Gasteiger partial charge in [0.2, 0.25) is 0 Å². The molecule has 0 atom stereocenters. The van der Waals surface area contributed by atoms with Crippen LogP contribution in [0, 0.1) is 0 Å². The number of esters is 1. The molecule has 3 nitrogen and oxygen atoms in total. The molecule has 0 unspecified atom stereocenters. The fraction of sp³-hybridized carbons (Fsp3) is 0.222. The van der Waals surface area contributed by atoms with Crippen molar-refractivity contribution in [2.75, 3.05) is 6.61 Å². The third-order valence-corrected chi connectivity index (χ3v) is 4.69. The van der Waals surface area contributed by atoms with Crippen LogP contribution in [-0.2, 0) is 0 Å². The summed E-state index contributed by atoms with van der Waals surface area (Å²) >= 11 is 0. The van der Waals surface area contributed by atoms with E-state index in [1.807, 2.05) is 48.5 Å². The number of rotatable bonds is 10. The van der Waals surface area contributed by atoms with Crippen LogP contribution in [0.2, 0.25) is 0 Å². The van der Waals surface area contributed by atoms with E-state index in [9.17, 15) is 4.79 Å². The van der Waals surface area contributed by atoms with E-state index in [0.717, 1.165) is 24.0 Å². The van der Waals surface area contributed by atoms with E-state index in [-0.39, 0.29) is 5.97 Å². The number of benzene rings is 3. The topological polar surface area (TPSA) is 35.5 Å². The van der Waals surface area contributed by atoms with Gasteiger partial charge in [-0.1, -0.05) is 86.9 Å². The number of ether oxygens (including phenoxy) is 2. The smallest absolute Gasteiger partial charge is 0.343 e. The van der Waals surface area contributed by atoms with Gasteiger partial charge in [0.15, 0.2) is 0 Å². The van der Waals surface area contributed by atoms with Crippen LogP contribution < -0.4 is 9.47 Å². The van der Waals surface area contributed by atoms with Crippen molar-refractivity contribution in [2.45, 2.75) is 32.6 Å². The second-order valence-corrected chi connectivity index (χ2v) is 7.14. The maximum absolute atomic E-state index is 12.5. The van der Waals surface area contributed by atoms with Gasteiger partial charge in [0.05, 0.1) is 12.2 Å². The first-order chi connectivity index (χ1) is 14.7. The van der Waals surface area contributed by atoms with Crippen molar-refractivity contribution >= 4 is 18.1 Å². The van der Waals surface area contributed by atoms with Crippen LogP contribution in [-0.4, -0.2) is 12.6 Å². The summed E-state index contributed by atoms with van der Waals surface area (Å²) < 4.78 is 11.3. The van der Waals surface area contributed by atoms with Crippen LogP contribution in [0.5, 0.6) is 11.5 Å². The van der Waals surface area contributed by atoms with Gasteiger partial charge in [0, 0.05) is 0 Å². The lowest BCUT2D eigenvalue weighted by Gasteiger charge is -2.08. The quantitative estimate of drug-likeness (QED) is 0.158. The van der Waals surface area contributed by atoms with Crippen molar-refractivity contribution < 1.29 is 14.3 Å². The Bertz CT molecular complexity index is 943. The lowest BCUT2D eigenvalue weighted by atomic mass is 10.1. The average Bonchev–Trinajstić information content (AvgIpc) is 2.79. The molecule has 0 aromatic heterocycles. The second kappa shape index (κ2) is 11.6. The SMILES string of the molecule is CCCCCCOc1cccc(C(=O)Oc2ccc(C=Cc3ccccc3)cc2)c1. The number of carbonyl (C=O) groups excluding carboxylic acids is 1.